The summed E-state index contributed by atoms with van der Waals surface area (Å²) in [6, 6.07) is 13.3. The summed E-state index contributed by atoms with van der Waals surface area (Å²) < 4.78 is 12.8. The molecule has 8 nitrogen and oxygen atoms in total. The molecule has 0 atom stereocenters. The first-order chi connectivity index (χ1) is 13.7. The Morgan fingerprint density at radius 3 is 2.86 bits per heavy atom. The lowest BCUT2D eigenvalue weighted by Crippen LogP contribution is -2.27. The van der Waals surface area contributed by atoms with Gasteiger partial charge in [-0.15, -0.1) is 0 Å². The summed E-state index contributed by atoms with van der Waals surface area (Å²) in [7, 11) is 1.89. The van der Waals surface area contributed by atoms with Crippen LogP contribution in [0.2, 0.25) is 0 Å². The van der Waals surface area contributed by atoms with Crippen molar-refractivity contribution in [3.8, 4) is 0 Å². The summed E-state index contributed by atoms with van der Waals surface area (Å²) in [4.78, 5) is 21.3. The number of benzene rings is 2. The van der Waals surface area contributed by atoms with E-state index in [0.717, 1.165) is 11.0 Å². The number of carbonyl (C=O) groups is 1. The van der Waals surface area contributed by atoms with E-state index in [-0.39, 0.29) is 5.91 Å². The van der Waals surface area contributed by atoms with Gasteiger partial charge in [-0.05, 0) is 37.3 Å². The quantitative estimate of drug-likeness (QED) is 0.479. The number of oxazole rings is 1. The predicted molar refractivity (Wildman–Crippen MR) is 107 cm³/mol. The second-order valence-electron chi connectivity index (χ2n) is 6.26. The second-order valence-corrected chi connectivity index (χ2v) is 6.26. The zero-order valence-corrected chi connectivity index (χ0v) is 15.7. The molecule has 4 aromatic rings. The average molecular weight is 379 g/mol. The zero-order valence-electron chi connectivity index (χ0n) is 15.7. The standard InChI is InChI=1S/C20H21N5O3/c1-3-27-11-10-21-18(26)13-8-9-16-15(12-13)22-19(25(16)2)24-20-23-14-6-4-5-7-17(14)28-20/h4-9,12H,3,10-11H2,1-2H3,(H,21,26)(H,22,23,24). The molecule has 0 aliphatic carbocycles. The smallest absolute Gasteiger partial charge is 0.302 e. The molecule has 0 fully saturated rings. The van der Waals surface area contributed by atoms with Crippen molar-refractivity contribution >= 4 is 40.0 Å². The maximum atomic E-state index is 12.3. The predicted octanol–water partition coefficient (Wildman–Crippen LogP) is 3.22. The van der Waals surface area contributed by atoms with Crippen LogP contribution in [0.25, 0.3) is 22.1 Å². The molecule has 28 heavy (non-hydrogen) atoms. The summed E-state index contributed by atoms with van der Waals surface area (Å²) in [6.07, 6.45) is 0. The number of nitrogens with one attached hydrogen (secondary N) is 2. The van der Waals surface area contributed by atoms with Crippen molar-refractivity contribution in [2.45, 2.75) is 6.92 Å². The maximum absolute atomic E-state index is 12.3. The van der Waals surface area contributed by atoms with Crippen molar-refractivity contribution < 1.29 is 13.9 Å². The first-order valence-corrected chi connectivity index (χ1v) is 9.10. The van der Waals surface area contributed by atoms with Gasteiger partial charge in [-0.1, -0.05) is 12.1 Å². The average Bonchev–Trinajstić information content (AvgIpc) is 3.25. The lowest BCUT2D eigenvalue weighted by Gasteiger charge is -2.05. The lowest BCUT2D eigenvalue weighted by molar-refractivity contribution is 0.0922. The van der Waals surface area contributed by atoms with Crippen molar-refractivity contribution in [1.29, 1.82) is 0 Å². The monoisotopic (exact) mass is 379 g/mol. The Morgan fingerprint density at radius 1 is 1.18 bits per heavy atom. The molecule has 0 spiro atoms. The van der Waals surface area contributed by atoms with Gasteiger partial charge in [0, 0.05) is 25.8 Å². The highest BCUT2D eigenvalue weighted by Crippen LogP contribution is 2.24. The van der Waals surface area contributed by atoms with Gasteiger partial charge in [0.1, 0.15) is 5.52 Å². The van der Waals surface area contributed by atoms with Gasteiger partial charge in [-0.3, -0.25) is 10.1 Å². The Hall–Kier alpha value is -3.39. The molecular formula is C20H21N5O3. The third-order valence-corrected chi connectivity index (χ3v) is 4.39. The van der Waals surface area contributed by atoms with E-state index in [1.54, 1.807) is 12.1 Å². The van der Waals surface area contributed by atoms with Gasteiger partial charge in [-0.2, -0.15) is 4.98 Å². The molecule has 2 heterocycles. The number of carbonyl (C=O) groups excluding carboxylic acids is 1. The fraction of sp³-hybridized carbons (Fsp3) is 0.250. The molecule has 0 saturated heterocycles. The molecule has 0 saturated carbocycles. The van der Waals surface area contributed by atoms with Crippen molar-refractivity contribution in [2.24, 2.45) is 7.05 Å². The summed E-state index contributed by atoms with van der Waals surface area (Å²) in [5, 5.41) is 5.94. The number of fused-ring (bicyclic) bond motifs is 2. The number of ether oxygens (including phenoxy) is 1. The van der Waals surface area contributed by atoms with E-state index in [2.05, 4.69) is 20.6 Å². The summed E-state index contributed by atoms with van der Waals surface area (Å²) in [5.41, 5.74) is 3.63. The molecule has 0 unspecified atom stereocenters. The van der Waals surface area contributed by atoms with Crippen molar-refractivity contribution in [3.63, 3.8) is 0 Å². The maximum Gasteiger partial charge on any atom is 0.302 e. The van der Waals surface area contributed by atoms with E-state index in [4.69, 9.17) is 9.15 Å². The van der Waals surface area contributed by atoms with Crippen LogP contribution in [0, 0.1) is 0 Å². The van der Waals surface area contributed by atoms with Gasteiger partial charge in [0.25, 0.3) is 5.91 Å². The zero-order chi connectivity index (χ0) is 19.5. The van der Waals surface area contributed by atoms with Crippen LogP contribution >= 0.6 is 0 Å². The molecule has 0 aliphatic rings. The van der Waals surface area contributed by atoms with Gasteiger partial charge in [0.2, 0.25) is 5.95 Å². The third-order valence-electron chi connectivity index (χ3n) is 4.39. The molecule has 0 bridgehead atoms. The first-order valence-electron chi connectivity index (χ1n) is 9.10. The van der Waals surface area contributed by atoms with Crippen molar-refractivity contribution in [2.75, 3.05) is 25.1 Å². The van der Waals surface area contributed by atoms with E-state index in [1.165, 1.54) is 0 Å². The number of nitrogens with zero attached hydrogens (tertiary/aromatic N) is 3. The lowest BCUT2D eigenvalue weighted by atomic mass is 10.2. The van der Waals surface area contributed by atoms with E-state index in [0.29, 0.717) is 48.4 Å². The van der Waals surface area contributed by atoms with Gasteiger partial charge in [0.15, 0.2) is 5.58 Å². The number of imidazole rings is 1. The summed E-state index contributed by atoms with van der Waals surface area (Å²) in [6.45, 7) is 3.51. The molecule has 2 N–H and O–H groups in total. The molecule has 4 rings (SSSR count). The minimum Gasteiger partial charge on any atom is -0.423 e. The third kappa shape index (κ3) is 3.54. The number of rotatable bonds is 7. The SMILES string of the molecule is CCOCCNC(=O)c1ccc2c(c1)nc(Nc1nc3ccccc3o1)n2C. The Morgan fingerprint density at radius 2 is 2.04 bits per heavy atom. The number of para-hydroxylation sites is 2. The number of hydrogen-bond acceptors (Lipinski definition) is 6. The normalized spacial score (nSPS) is 11.2. The van der Waals surface area contributed by atoms with Crippen LogP contribution in [0.1, 0.15) is 17.3 Å². The van der Waals surface area contributed by atoms with Crippen LogP contribution in [-0.4, -0.2) is 40.2 Å². The van der Waals surface area contributed by atoms with Crippen LogP contribution in [0.15, 0.2) is 46.9 Å². The fourth-order valence-corrected chi connectivity index (χ4v) is 2.96. The van der Waals surface area contributed by atoms with Gasteiger partial charge >= 0.3 is 6.01 Å². The minimum absolute atomic E-state index is 0.152. The largest absolute Gasteiger partial charge is 0.423 e. The van der Waals surface area contributed by atoms with Crippen molar-refractivity contribution in [1.82, 2.24) is 19.9 Å². The van der Waals surface area contributed by atoms with Gasteiger partial charge in [0.05, 0.1) is 17.6 Å². The Bertz CT molecular complexity index is 1100. The Kier molecular flexibility index (Phi) is 4.94. The summed E-state index contributed by atoms with van der Waals surface area (Å²) >= 11 is 0. The molecular weight excluding hydrogens is 358 g/mol. The van der Waals surface area contributed by atoms with E-state index < -0.39 is 0 Å². The molecule has 2 aromatic heterocycles. The van der Waals surface area contributed by atoms with E-state index >= 15 is 0 Å². The highest BCUT2D eigenvalue weighted by molar-refractivity contribution is 5.97. The van der Waals surface area contributed by atoms with E-state index in [1.807, 2.05) is 48.9 Å². The molecule has 2 aromatic carbocycles. The highest BCUT2D eigenvalue weighted by Gasteiger charge is 2.14. The van der Waals surface area contributed by atoms with Gasteiger partial charge < -0.3 is 19.0 Å². The highest BCUT2D eigenvalue weighted by atomic mass is 16.5. The number of hydrogen-bond donors (Lipinski definition) is 2. The Balaban J connectivity index is 1.55. The molecule has 0 aliphatic heterocycles. The molecule has 0 radical (unpaired) electrons. The number of aryl methyl sites for hydroxylation is 1. The second kappa shape index (κ2) is 7.69. The van der Waals surface area contributed by atoms with Crippen LogP contribution < -0.4 is 10.6 Å². The summed E-state index contributed by atoms with van der Waals surface area (Å²) in [5.74, 6) is 0.427. The molecule has 1 amide bonds. The number of anilines is 2. The van der Waals surface area contributed by atoms with Gasteiger partial charge in [-0.25, -0.2) is 4.98 Å². The topological polar surface area (TPSA) is 94.2 Å². The van der Waals surface area contributed by atoms with Crippen LogP contribution in [-0.2, 0) is 11.8 Å². The Labute approximate surface area is 161 Å². The molecule has 144 valence electrons. The van der Waals surface area contributed by atoms with Crippen LogP contribution in [0.4, 0.5) is 12.0 Å². The van der Waals surface area contributed by atoms with E-state index in [9.17, 15) is 4.79 Å². The van der Waals surface area contributed by atoms with Crippen LogP contribution in [0.3, 0.4) is 0 Å². The fourth-order valence-electron chi connectivity index (χ4n) is 2.96. The van der Waals surface area contributed by atoms with Crippen LogP contribution in [0.5, 0.6) is 0 Å². The van der Waals surface area contributed by atoms with Crippen molar-refractivity contribution in [3.05, 3.63) is 48.0 Å². The number of amides is 1. The molecule has 8 heteroatoms. The first kappa shape index (κ1) is 18.0. The number of aromatic nitrogens is 3. The minimum atomic E-state index is -0.152.